The molecule has 0 aliphatic carbocycles. The summed E-state index contributed by atoms with van der Waals surface area (Å²) in [5, 5.41) is 11.4. The zero-order valence-electron chi connectivity index (χ0n) is 19.6. The Labute approximate surface area is 212 Å². The van der Waals surface area contributed by atoms with E-state index in [1.807, 2.05) is 13.0 Å². The van der Waals surface area contributed by atoms with Crippen molar-refractivity contribution in [3.63, 3.8) is 0 Å². The van der Waals surface area contributed by atoms with Crippen molar-refractivity contribution in [2.75, 3.05) is 17.7 Å². The first-order chi connectivity index (χ1) is 17.2. The Kier molecular flexibility index (Phi) is 8.52. The first kappa shape index (κ1) is 26.5. The quantitative estimate of drug-likeness (QED) is 0.190. The number of nitriles is 1. The average molecular weight is 527 g/mol. The Morgan fingerprint density at radius 2 is 1.94 bits per heavy atom. The zero-order valence-corrected chi connectivity index (χ0v) is 21.3. The molecule has 0 saturated heterocycles. The molecule has 0 radical (unpaired) electrons. The molecule has 10 nitrogen and oxygen atoms in total. The fourth-order valence-electron chi connectivity index (χ4n) is 2.89. The fraction of sp³-hybridized carbons (Fsp3) is 0.208. The van der Waals surface area contributed by atoms with Crippen LogP contribution in [0.5, 0.6) is 11.5 Å². The van der Waals surface area contributed by atoms with Gasteiger partial charge in [-0.2, -0.15) is 14.6 Å². The lowest BCUT2D eigenvalue weighted by molar-refractivity contribution is -0.112. The standard InChI is InChI=1S/C24H22N4O6S2/c1-4-33-20-13-16(9-10-19(20)34-22(30)17-8-6-7-15(3)11-17)12-18(14-25)21(29)26-23-27-24(28-35-23)36(31,32)5-2/h6-13H,4-5H2,1-3H3,(H,26,27,28,29). The van der Waals surface area contributed by atoms with E-state index in [2.05, 4.69) is 14.7 Å². The van der Waals surface area contributed by atoms with Crippen molar-refractivity contribution in [3.8, 4) is 17.6 Å². The minimum Gasteiger partial charge on any atom is -0.490 e. The van der Waals surface area contributed by atoms with Gasteiger partial charge < -0.3 is 9.47 Å². The van der Waals surface area contributed by atoms with Crippen molar-refractivity contribution in [2.45, 2.75) is 25.9 Å². The van der Waals surface area contributed by atoms with Crippen LogP contribution < -0.4 is 14.8 Å². The monoisotopic (exact) mass is 526 g/mol. The number of amides is 1. The minimum absolute atomic E-state index is 0.0541. The molecule has 0 unspecified atom stereocenters. The molecule has 0 bridgehead atoms. The van der Waals surface area contributed by atoms with Gasteiger partial charge in [0.2, 0.25) is 15.0 Å². The number of rotatable bonds is 9. The number of hydrogen-bond acceptors (Lipinski definition) is 10. The molecular formula is C24H22N4O6S2. The van der Waals surface area contributed by atoms with E-state index >= 15 is 0 Å². The van der Waals surface area contributed by atoms with E-state index in [1.165, 1.54) is 25.1 Å². The predicted molar refractivity (Wildman–Crippen MR) is 134 cm³/mol. The summed E-state index contributed by atoms with van der Waals surface area (Å²) in [7, 11) is -3.62. The highest BCUT2D eigenvalue weighted by molar-refractivity contribution is 7.91. The summed E-state index contributed by atoms with van der Waals surface area (Å²) >= 11 is 0.693. The molecule has 3 rings (SSSR count). The number of aryl methyl sites for hydroxylation is 1. The number of ether oxygens (including phenoxy) is 2. The molecule has 186 valence electrons. The lowest BCUT2D eigenvalue weighted by Crippen LogP contribution is -2.14. The first-order valence-electron chi connectivity index (χ1n) is 10.7. The van der Waals surface area contributed by atoms with Gasteiger partial charge in [-0.1, -0.05) is 30.7 Å². The van der Waals surface area contributed by atoms with E-state index in [0.717, 1.165) is 5.56 Å². The number of benzene rings is 2. The summed E-state index contributed by atoms with van der Waals surface area (Å²) in [6.45, 7) is 5.37. The van der Waals surface area contributed by atoms with Crippen LogP contribution in [0.2, 0.25) is 0 Å². The molecular weight excluding hydrogens is 504 g/mol. The summed E-state index contributed by atoms with van der Waals surface area (Å²) in [6.07, 6.45) is 1.31. The van der Waals surface area contributed by atoms with Crippen LogP contribution in [0.15, 0.2) is 53.2 Å². The maximum Gasteiger partial charge on any atom is 0.343 e. The van der Waals surface area contributed by atoms with Gasteiger partial charge in [0.15, 0.2) is 11.5 Å². The average Bonchev–Trinajstić information content (AvgIpc) is 3.33. The summed E-state index contributed by atoms with van der Waals surface area (Å²) in [4.78, 5) is 28.9. The molecule has 1 aromatic heterocycles. The molecule has 0 aliphatic rings. The van der Waals surface area contributed by atoms with Crippen LogP contribution in [0.4, 0.5) is 5.13 Å². The second-order valence-electron chi connectivity index (χ2n) is 7.31. The highest BCUT2D eigenvalue weighted by Gasteiger charge is 2.20. The third-order valence-electron chi connectivity index (χ3n) is 4.69. The maximum absolute atomic E-state index is 12.6. The Bertz CT molecular complexity index is 1470. The number of aromatic nitrogens is 2. The summed E-state index contributed by atoms with van der Waals surface area (Å²) in [5.41, 5.74) is 1.47. The highest BCUT2D eigenvalue weighted by Crippen LogP contribution is 2.30. The van der Waals surface area contributed by atoms with Gasteiger partial charge >= 0.3 is 5.97 Å². The normalized spacial score (nSPS) is 11.4. The molecule has 3 aromatic rings. The molecule has 0 spiro atoms. The summed E-state index contributed by atoms with van der Waals surface area (Å²) in [5.74, 6) is -1.09. The lowest BCUT2D eigenvalue weighted by atomic mass is 10.1. The number of anilines is 1. The van der Waals surface area contributed by atoms with E-state index in [9.17, 15) is 23.3 Å². The van der Waals surface area contributed by atoms with Crippen LogP contribution in [0.3, 0.4) is 0 Å². The van der Waals surface area contributed by atoms with Gasteiger partial charge in [0.05, 0.1) is 17.9 Å². The molecule has 0 fully saturated rings. The molecule has 0 saturated carbocycles. The van der Waals surface area contributed by atoms with E-state index in [-0.39, 0.29) is 39.7 Å². The Balaban J connectivity index is 1.81. The third-order valence-corrected chi connectivity index (χ3v) is 6.93. The van der Waals surface area contributed by atoms with Crippen molar-refractivity contribution in [3.05, 3.63) is 64.7 Å². The van der Waals surface area contributed by atoms with Gasteiger partial charge in [-0.05, 0) is 49.8 Å². The highest BCUT2D eigenvalue weighted by atomic mass is 32.2. The van der Waals surface area contributed by atoms with Gasteiger partial charge in [0, 0.05) is 11.5 Å². The molecule has 0 aliphatic heterocycles. The van der Waals surface area contributed by atoms with E-state index in [0.29, 0.717) is 22.7 Å². The molecule has 1 amide bonds. The molecule has 1 N–H and O–H groups in total. The molecule has 1 heterocycles. The minimum atomic E-state index is -3.62. The number of nitrogens with zero attached hydrogens (tertiary/aromatic N) is 3. The van der Waals surface area contributed by atoms with Crippen molar-refractivity contribution < 1.29 is 27.5 Å². The first-order valence-corrected chi connectivity index (χ1v) is 13.1. The van der Waals surface area contributed by atoms with Crippen molar-refractivity contribution in [1.29, 1.82) is 5.26 Å². The topological polar surface area (TPSA) is 148 Å². The molecule has 12 heteroatoms. The van der Waals surface area contributed by atoms with Gasteiger partial charge in [0.1, 0.15) is 11.6 Å². The van der Waals surface area contributed by atoms with Crippen LogP contribution in [0, 0.1) is 18.3 Å². The Hall–Kier alpha value is -4.08. The van der Waals surface area contributed by atoms with E-state index in [1.54, 1.807) is 37.3 Å². The van der Waals surface area contributed by atoms with Crippen molar-refractivity contribution in [1.82, 2.24) is 9.36 Å². The van der Waals surface area contributed by atoms with E-state index < -0.39 is 21.7 Å². The van der Waals surface area contributed by atoms with Gasteiger partial charge in [-0.3, -0.25) is 10.1 Å². The SMILES string of the molecule is CCOc1cc(C=C(C#N)C(=O)Nc2nc(S(=O)(=O)CC)ns2)ccc1OC(=O)c1cccc(C)c1. The Morgan fingerprint density at radius 1 is 1.17 bits per heavy atom. The van der Waals surface area contributed by atoms with Gasteiger partial charge in [-0.15, -0.1) is 0 Å². The van der Waals surface area contributed by atoms with Crippen LogP contribution in [0.25, 0.3) is 6.08 Å². The third kappa shape index (κ3) is 6.53. The molecule has 2 aromatic carbocycles. The number of nitrogens with one attached hydrogen (secondary N) is 1. The summed E-state index contributed by atoms with van der Waals surface area (Å²) in [6, 6.07) is 13.4. The number of esters is 1. The molecule has 0 atom stereocenters. The second-order valence-corrected chi connectivity index (χ2v) is 10.2. The Morgan fingerprint density at radius 3 is 2.61 bits per heavy atom. The van der Waals surface area contributed by atoms with Gasteiger partial charge in [0.25, 0.3) is 11.1 Å². The molecule has 36 heavy (non-hydrogen) atoms. The second kappa shape index (κ2) is 11.6. The predicted octanol–water partition coefficient (Wildman–Crippen LogP) is 3.80. The van der Waals surface area contributed by atoms with Crippen LogP contribution in [0.1, 0.15) is 35.3 Å². The van der Waals surface area contributed by atoms with Crippen molar-refractivity contribution >= 4 is 44.5 Å². The smallest absolute Gasteiger partial charge is 0.343 e. The number of hydrogen-bond donors (Lipinski definition) is 1. The van der Waals surface area contributed by atoms with Crippen LogP contribution in [-0.4, -0.2) is 42.0 Å². The van der Waals surface area contributed by atoms with E-state index in [4.69, 9.17) is 9.47 Å². The zero-order chi connectivity index (χ0) is 26.3. The van der Waals surface area contributed by atoms with Crippen molar-refractivity contribution in [2.24, 2.45) is 0 Å². The summed E-state index contributed by atoms with van der Waals surface area (Å²) < 4.78 is 38.6. The number of carbonyl (C=O) groups excluding carboxylic acids is 2. The fourth-order valence-corrected chi connectivity index (χ4v) is 4.48. The van der Waals surface area contributed by atoms with Crippen LogP contribution in [-0.2, 0) is 14.6 Å². The number of sulfone groups is 1. The maximum atomic E-state index is 12.6. The lowest BCUT2D eigenvalue weighted by Gasteiger charge is -2.12. The largest absolute Gasteiger partial charge is 0.490 e. The number of carbonyl (C=O) groups is 2. The van der Waals surface area contributed by atoms with Crippen LogP contribution >= 0.6 is 11.5 Å². The van der Waals surface area contributed by atoms with Gasteiger partial charge in [-0.25, -0.2) is 13.2 Å².